The van der Waals surface area contributed by atoms with Gasteiger partial charge in [0.25, 0.3) is 5.91 Å². The number of thioether (sulfide) groups is 1. The quantitative estimate of drug-likeness (QED) is 0.855. The Labute approximate surface area is 118 Å². The molecular weight excluding hydrogens is 258 g/mol. The zero-order valence-electron chi connectivity index (χ0n) is 11.1. The van der Waals surface area contributed by atoms with Crippen molar-refractivity contribution < 1.29 is 9.90 Å². The minimum Gasteiger partial charge on any atom is -0.382 e. The van der Waals surface area contributed by atoms with Crippen molar-refractivity contribution >= 4 is 17.7 Å². The molecule has 3 unspecified atom stereocenters. The summed E-state index contributed by atoms with van der Waals surface area (Å²) in [5, 5.41) is 9.82. The lowest BCUT2D eigenvalue weighted by molar-refractivity contribution is 0.0596. The number of aliphatic hydroxyl groups excluding tert-OH is 1. The van der Waals surface area contributed by atoms with E-state index in [0.29, 0.717) is 5.92 Å². The molecule has 3 rings (SSSR count). The topological polar surface area (TPSA) is 40.5 Å². The standard InChI is InChI=1S/C15H19NO2S/c1-16-13(11-6-7-19-14(17)9-11)8-10-4-2-3-5-12(10)15(16)18/h2-5,11,13-14,17H,6-9H2,1H3. The third-order valence-corrected chi connectivity index (χ3v) is 5.39. The molecule has 0 bridgehead atoms. The van der Waals surface area contributed by atoms with Crippen LogP contribution in [0.25, 0.3) is 0 Å². The van der Waals surface area contributed by atoms with Gasteiger partial charge in [0.05, 0.1) is 5.44 Å². The fourth-order valence-electron chi connectivity index (χ4n) is 3.24. The minimum atomic E-state index is -0.264. The molecule has 0 spiro atoms. The lowest BCUT2D eigenvalue weighted by Gasteiger charge is -2.41. The number of carbonyl (C=O) groups is 1. The van der Waals surface area contributed by atoms with Crippen LogP contribution in [0.1, 0.15) is 28.8 Å². The van der Waals surface area contributed by atoms with Gasteiger partial charge in [-0.05, 0) is 42.6 Å². The molecule has 0 radical (unpaired) electrons. The van der Waals surface area contributed by atoms with Crippen molar-refractivity contribution in [3.05, 3.63) is 35.4 Å². The van der Waals surface area contributed by atoms with E-state index in [-0.39, 0.29) is 17.4 Å². The summed E-state index contributed by atoms with van der Waals surface area (Å²) in [6.45, 7) is 0. The van der Waals surface area contributed by atoms with Gasteiger partial charge in [-0.15, -0.1) is 11.8 Å². The number of fused-ring (bicyclic) bond motifs is 1. The molecule has 19 heavy (non-hydrogen) atoms. The Morgan fingerprint density at radius 3 is 2.95 bits per heavy atom. The van der Waals surface area contributed by atoms with Crippen molar-refractivity contribution in [1.29, 1.82) is 0 Å². The van der Waals surface area contributed by atoms with Crippen LogP contribution in [0.3, 0.4) is 0 Å². The molecule has 2 aliphatic rings. The highest BCUT2D eigenvalue weighted by Crippen LogP contribution is 2.35. The molecule has 3 atom stereocenters. The van der Waals surface area contributed by atoms with Crippen molar-refractivity contribution in [3.63, 3.8) is 0 Å². The van der Waals surface area contributed by atoms with Crippen LogP contribution in [0.2, 0.25) is 0 Å². The Hall–Kier alpha value is -1.00. The number of aliphatic hydroxyl groups is 1. The number of likely N-dealkylation sites (N-methyl/N-ethyl adjacent to an activating group) is 1. The Bertz CT molecular complexity index is 491. The van der Waals surface area contributed by atoms with Gasteiger partial charge in [0.1, 0.15) is 0 Å². The lowest BCUT2D eigenvalue weighted by Crippen LogP contribution is -2.48. The van der Waals surface area contributed by atoms with Gasteiger partial charge in [-0.25, -0.2) is 0 Å². The molecule has 1 aromatic carbocycles. The first-order chi connectivity index (χ1) is 9.16. The summed E-state index contributed by atoms with van der Waals surface area (Å²) in [5.74, 6) is 1.53. The fourth-order valence-corrected chi connectivity index (χ4v) is 4.34. The van der Waals surface area contributed by atoms with E-state index < -0.39 is 0 Å². The molecule has 4 heteroatoms. The number of hydrogen-bond acceptors (Lipinski definition) is 3. The molecule has 0 aliphatic carbocycles. The van der Waals surface area contributed by atoms with E-state index in [2.05, 4.69) is 6.07 Å². The van der Waals surface area contributed by atoms with E-state index in [4.69, 9.17) is 0 Å². The number of benzene rings is 1. The van der Waals surface area contributed by atoms with Gasteiger partial charge >= 0.3 is 0 Å². The smallest absolute Gasteiger partial charge is 0.254 e. The first-order valence-electron chi connectivity index (χ1n) is 6.81. The van der Waals surface area contributed by atoms with Gasteiger partial charge < -0.3 is 10.0 Å². The molecule has 1 aromatic rings. The summed E-state index contributed by atoms with van der Waals surface area (Å²) in [7, 11) is 1.90. The molecular formula is C15H19NO2S. The Morgan fingerprint density at radius 1 is 1.37 bits per heavy atom. The van der Waals surface area contributed by atoms with Crippen LogP contribution in [0.4, 0.5) is 0 Å². The molecule has 1 N–H and O–H groups in total. The number of hydrogen-bond donors (Lipinski definition) is 1. The number of amides is 1. The van der Waals surface area contributed by atoms with Crippen LogP contribution in [-0.2, 0) is 6.42 Å². The molecule has 1 fully saturated rings. The molecule has 102 valence electrons. The van der Waals surface area contributed by atoms with E-state index in [1.807, 2.05) is 30.1 Å². The Kier molecular flexibility index (Phi) is 3.54. The predicted molar refractivity (Wildman–Crippen MR) is 77.2 cm³/mol. The average molecular weight is 277 g/mol. The SMILES string of the molecule is CN1C(=O)c2ccccc2CC1C1CCSC(O)C1. The normalized spacial score (nSPS) is 31.2. The van der Waals surface area contributed by atoms with Gasteiger partial charge in [-0.1, -0.05) is 18.2 Å². The third-order valence-electron chi connectivity index (χ3n) is 4.34. The highest BCUT2D eigenvalue weighted by molar-refractivity contribution is 7.99. The van der Waals surface area contributed by atoms with E-state index in [0.717, 1.165) is 36.1 Å². The molecule has 0 saturated carbocycles. The van der Waals surface area contributed by atoms with Crippen LogP contribution in [0.15, 0.2) is 24.3 Å². The summed E-state index contributed by atoms with van der Waals surface area (Å²) >= 11 is 1.63. The van der Waals surface area contributed by atoms with E-state index in [1.165, 1.54) is 0 Å². The van der Waals surface area contributed by atoms with Crippen molar-refractivity contribution in [2.45, 2.75) is 30.7 Å². The maximum absolute atomic E-state index is 12.4. The molecule has 2 heterocycles. The lowest BCUT2D eigenvalue weighted by atomic mass is 9.83. The van der Waals surface area contributed by atoms with Crippen molar-refractivity contribution in [1.82, 2.24) is 4.90 Å². The van der Waals surface area contributed by atoms with Crippen molar-refractivity contribution in [2.24, 2.45) is 5.92 Å². The second kappa shape index (κ2) is 5.17. The number of carbonyl (C=O) groups excluding carboxylic acids is 1. The second-order valence-electron chi connectivity index (χ2n) is 5.45. The number of nitrogens with zero attached hydrogens (tertiary/aromatic N) is 1. The van der Waals surface area contributed by atoms with Crippen LogP contribution in [-0.4, -0.2) is 40.2 Å². The van der Waals surface area contributed by atoms with Crippen LogP contribution >= 0.6 is 11.8 Å². The first kappa shape index (κ1) is 13.0. The fraction of sp³-hybridized carbons (Fsp3) is 0.533. The Morgan fingerprint density at radius 2 is 2.16 bits per heavy atom. The van der Waals surface area contributed by atoms with E-state index in [9.17, 15) is 9.90 Å². The highest BCUT2D eigenvalue weighted by Gasteiger charge is 2.36. The van der Waals surface area contributed by atoms with Gasteiger partial charge in [0.2, 0.25) is 0 Å². The zero-order chi connectivity index (χ0) is 13.4. The van der Waals surface area contributed by atoms with Gasteiger partial charge in [0.15, 0.2) is 0 Å². The van der Waals surface area contributed by atoms with Crippen LogP contribution < -0.4 is 0 Å². The third kappa shape index (κ3) is 2.39. The predicted octanol–water partition coefficient (Wildman–Crippen LogP) is 2.14. The summed E-state index contributed by atoms with van der Waals surface area (Å²) in [4.78, 5) is 14.3. The first-order valence-corrected chi connectivity index (χ1v) is 7.86. The number of rotatable bonds is 1. The largest absolute Gasteiger partial charge is 0.382 e. The zero-order valence-corrected chi connectivity index (χ0v) is 11.9. The van der Waals surface area contributed by atoms with Crippen molar-refractivity contribution in [3.8, 4) is 0 Å². The molecule has 0 aromatic heterocycles. The average Bonchev–Trinajstić information content (AvgIpc) is 2.43. The van der Waals surface area contributed by atoms with Crippen LogP contribution in [0.5, 0.6) is 0 Å². The van der Waals surface area contributed by atoms with Crippen LogP contribution in [0, 0.1) is 5.92 Å². The minimum absolute atomic E-state index is 0.125. The monoisotopic (exact) mass is 277 g/mol. The maximum atomic E-state index is 12.4. The summed E-state index contributed by atoms with van der Waals surface area (Å²) < 4.78 is 0. The summed E-state index contributed by atoms with van der Waals surface area (Å²) in [6, 6.07) is 8.13. The Balaban J connectivity index is 1.86. The van der Waals surface area contributed by atoms with Gasteiger partial charge in [-0.3, -0.25) is 4.79 Å². The molecule has 2 aliphatic heterocycles. The molecule has 1 saturated heterocycles. The van der Waals surface area contributed by atoms with Crippen molar-refractivity contribution in [2.75, 3.05) is 12.8 Å². The van der Waals surface area contributed by atoms with E-state index >= 15 is 0 Å². The van der Waals surface area contributed by atoms with E-state index in [1.54, 1.807) is 11.8 Å². The van der Waals surface area contributed by atoms with Gasteiger partial charge in [-0.2, -0.15) is 0 Å². The summed E-state index contributed by atoms with van der Waals surface area (Å²) in [5.41, 5.74) is 1.73. The second-order valence-corrected chi connectivity index (χ2v) is 6.74. The highest BCUT2D eigenvalue weighted by atomic mass is 32.2. The molecule has 1 amide bonds. The summed E-state index contributed by atoms with van der Waals surface area (Å²) in [6.07, 6.45) is 2.81. The van der Waals surface area contributed by atoms with Gasteiger partial charge in [0, 0.05) is 18.7 Å². The maximum Gasteiger partial charge on any atom is 0.254 e. The molecule has 3 nitrogen and oxygen atoms in total.